The van der Waals surface area contributed by atoms with Gasteiger partial charge in [0.05, 0.1) is 0 Å². The highest BCUT2D eigenvalue weighted by atomic mass is 28.3. The molecule has 0 aromatic heterocycles. The quantitative estimate of drug-likeness (QED) is 0.0540. The van der Waals surface area contributed by atoms with Gasteiger partial charge in [-0.15, -0.1) is 0 Å². The number of fused-ring (bicyclic) bond motifs is 8. The minimum atomic E-state index is -2.80. The molecule has 16 aromatic rings. The van der Waals surface area contributed by atoms with Crippen molar-refractivity contribution in [2.75, 3.05) is 9.80 Å². The Hall–Kier alpha value is -11.9. The van der Waals surface area contributed by atoms with E-state index in [1.165, 1.54) is 108 Å². The van der Waals surface area contributed by atoms with Gasteiger partial charge in [0.15, 0.2) is 16.1 Å². The largest absolute Gasteiger partial charge is 0.310 e. The summed E-state index contributed by atoms with van der Waals surface area (Å²) in [4.78, 5) is 4.93. The molecule has 17 rings (SSSR count). The van der Waals surface area contributed by atoms with Gasteiger partial charge in [-0.3, -0.25) is 0 Å². The average molecular weight is 1300 g/mol. The molecule has 0 atom stereocenters. The van der Waals surface area contributed by atoms with Gasteiger partial charge in [0.2, 0.25) is 0 Å². The lowest BCUT2D eigenvalue weighted by molar-refractivity contribution is 0.666. The summed E-state index contributed by atoms with van der Waals surface area (Å²) in [6.45, 7) is 4.90. The van der Waals surface area contributed by atoms with Crippen molar-refractivity contribution in [3.63, 3.8) is 0 Å². The van der Waals surface area contributed by atoms with E-state index in [4.69, 9.17) is 0 Å². The van der Waals surface area contributed by atoms with E-state index in [0.29, 0.717) is 0 Å². The van der Waals surface area contributed by atoms with Gasteiger partial charge in [0, 0.05) is 39.5 Å². The molecule has 1 aliphatic carbocycles. The lowest BCUT2D eigenvalue weighted by Gasteiger charge is -2.35. The summed E-state index contributed by atoms with van der Waals surface area (Å²) < 4.78 is 0. The maximum Gasteiger partial charge on any atom is 0.179 e. The summed E-state index contributed by atoms with van der Waals surface area (Å²) in [7, 11) is -5.59. The highest BCUT2D eigenvalue weighted by molar-refractivity contribution is 7.20. The number of hydrogen-bond acceptors (Lipinski definition) is 2. The molecule has 0 N–H and O–H groups in total. The Morgan fingerprint density at radius 1 is 0.212 bits per heavy atom. The maximum atomic E-state index is 2.50. The van der Waals surface area contributed by atoms with Crippen molar-refractivity contribution in [2.24, 2.45) is 0 Å². The van der Waals surface area contributed by atoms with E-state index in [-0.39, 0.29) is 0 Å². The molecule has 0 bridgehead atoms. The van der Waals surface area contributed by atoms with Crippen LogP contribution < -0.4 is 51.3 Å². The van der Waals surface area contributed by atoms with Crippen molar-refractivity contribution < 1.29 is 0 Å². The van der Waals surface area contributed by atoms with Gasteiger partial charge in [0.1, 0.15) is 0 Å². The minimum Gasteiger partial charge on any atom is -0.310 e. The molecule has 0 radical (unpaired) electrons. The van der Waals surface area contributed by atoms with Crippen molar-refractivity contribution >= 4 is 113 Å². The van der Waals surface area contributed by atoms with Crippen LogP contribution in [-0.2, 0) is 5.41 Å². The zero-order valence-electron chi connectivity index (χ0n) is 55.5. The molecule has 0 saturated heterocycles. The highest BCUT2D eigenvalue weighted by Gasteiger charge is 2.44. The Labute approximate surface area is 583 Å². The maximum absolute atomic E-state index is 2.80. The van der Waals surface area contributed by atoms with Crippen molar-refractivity contribution in [1.82, 2.24) is 0 Å². The lowest BCUT2D eigenvalue weighted by atomic mass is 9.79. The standard InChI is InChI=1S/C95H72N2Si2/c1-95(2)92-68-78(97(74-53-49-72(50-54-74)70-31-13-4-14-32-70)76-57-63-86(64-58-76)99(82-39-21-8-22-40-82,83-41-23-9-24-42-83)84-43-25-10-26-44-84)60-66-90(92)93-88-46-28-27-45-87(88)91-67-77(59-65-89(91)94(93)95)96(73-51-47-71(48-52-73)69-29-11-3-12-30-69)75-55-61-85(62-56-75)98(79-33-15-5-16-34-79,80-35-17-6-18-36-80)81-37-19-7-20-38-81/h3-68H,1-2H3. The number of rotatable bonds is 16. The smallest absolute Gasteiger partial charge is 0.179 e. The average Bonchev–Trinajstić information content (AvgIpc) is 1.40. The van der Waals surface area contributed by atoms with Gasteiger partial charge in [-0.2, -0.15) is 0 Å². The molecule has 0 spiro atoms. The summed E-state index contributed by atoms with van der Waals surface area (Å²) in [5.74, 6) is 0. The SMILES string of the molecule is CC1(C)c2cc(N(c3ccc(-c4ccccc4)cc3)c3ccc([Si](c4ccccc4)(c4ccccc4)c4ccccc4)cc3)ccc2-c2c1c1ccc(N(c3ccc(-c4ccccc4)cc3)c3ccc([Si](c4ccccc4)(c4ccccc4)c4ccccc4)cc3)cc1c1ccccc21. The Balaban J connectivity index is 0.805. The first-order chi connectivity index (χ1) is 48.9. The van der Waals surface area contributed by atoms with Crippen LogP contribution in [0, 0.1) is 0 Å². The van der Waals surface area contributed by atoms with Crippen LogP contribution in [0.15, 0.2) is 400 Å². The summed E-state index contributed by atoms with van der Waals surface area (Å²) >= 11 is 0. The molecule has 0 unspecified atom stereocenters. The summed E-state index contributed by atoms with van der Waals surface area (Å²) in [5, 5.41) is 15.8. The van der Waals surface area contributed by atoms with Crippen LogP contribution in [0.3, 0.4) is 0 Å². The molecule has 0 saturated carbocycles. The summed E-state index contributed by atoms with van der Waals surface area (Å²) in [6.07, 6.45) is 0. The number of nitrogens with zero attached hydrogens (tertiary/aromatic N) is 2. The van der Waals surface area contributed by atoms with E-state index in [2.05, 4.69) is 424 Å². The zero-order chi connectivity index (χ0) is 66.3. The van der Waals surface area contributed by atoms with Gasteiger partial charge in [-0.1, -0.05) is 341 Å². The second-order valence-corrected chi connectivity index (χ2v) is 34.3. The van der Waals surface area contributed by atoms with E-state index in [9.17, 15) is 0 Å². The molecule has 470 valence electrons. The molecule has 2 nitrogen and oxygen atoms in total. The molecule has 0 amide bonds. The van der Waals surface area contributed by atoms with Crippen molar-refractivity contribution in [3.8, 4) is 33.4 Å². The summed E-state index contributed by atoms with van der Waals surface area (Å²) in [6, 6.07) is 150. The van der Waals surface area contributed by atoms with Crippen molar-refractivity contribution in [3.05, 3.63) is 412 Å². The van der Waals surface area contributed by atoms with Gasteiger partial charge in [0.25, 0.3) is 0 Å². The van der Waals surface area contributed by atoms with Crippen LogP contribution in [0.4, 0.5) is 34.1 Å². The Bertz CT molecular complexity index is 5310. The predicted octanol–water partition coefficient (Wildman–Crippen LogP) is 19.3. The molecule has 1 aliphatic rings. The van der Waals surface area contributed by atoms with Crippen molar-refractivity contribution in [2.45, 2.75) is 19.3 Å². The Kier molecular flexibility index (Phi) is 15.7. The molecule has 4 heteroatoms. The van der Waals surface area contributed by atoms with E-state index in [1.54, 1.807) is 0 Å². The van der Waals surface area contributed by atoms with Crippen molar-refractivity contribution in [1.29, 1.82) is 0 Å². The van der Waals surface area contributed by atoms with Gasteiger partial charge in [-0.05, 0) is 180 Å². The third-order valence-corrected chi connectivity index (χ3v) is 30.5. The zero-order valence-corrected chi connectivity index (χ0v) is 57.5. The lowest BCUT2D eigenvalue weighted by Crippen LogP contribution is -2.74. The van der Waals surface area contributed by atoms with Gasteiger partial charge >= 0.3 is 0 Å². The number of anilines is 6. The fourth-order valence-electron chi connectivity index (χ4n) is 16.4. The van der Waals surface area contributed by atoms with Gasteiger partial charge in [-0.25, -0.2) is 0 Å². The Morgan fingerprint density at radius 2 is 0.485 bits per heavy atom. The molecule has 0 aliphatic heterocycles. The fourth-order valence-corrected chi connectivity index (χ4v) is 25.9. The van der Waals surface area contributed by atoms with Gasteiger partial charge < -0.3 is 9.80 Å². The predicted molar refractivity (Wildman–Crippen MR) is 426 cm³/mol. The third-order valence-electron chi connectivity index (χ3n) is 20.9. The van der Waals surface area contributed by atoms with Crippen LogP contribution in [0.2, 0.25) is 0 Å². The topological polar surface area (TPSA) is 6.48 Å². The van der Waals surface area contributed by atoms with E-state index >= 15 is 0 Å². The minimum absolute atomic E-state index is 0.390. The first kappa shape index (κ1) is 60.7. The van der Waals surface area contributed by atoms with Crippen LogP contribution in [0.25, 0.3) is 54.9 Å². The first-order valence-corrected chi connectivity index (χ1v) is 38.5. The van der Waals surface area contributed by atoms with Crippen LogP contribution in [0.5, 0.6) is 0 Å². The van der Waals surface area contributed by atoms with Crippen LogP contribution >= 0.6 is 0 Å². The third kappa shape index (κ3) is 10.5. The molecule has 0 heterocycles. The number of hydrogen-bond donors (Lipinski definition) is 0. The molecule has 99 heavy (non-hydrogen) atoms. The second-order valence-electron chi connectivity index (χ2n) is 26.7. The van der Waals surface area contributed by atoms with E-state index in [0.717, 1.165) is 34.1 Å². The Morgan fingerprint density at radius 3 is 0.848 bits per heavy atom. The monoisotopic (exact) mass is 1300 g/mol. The fraction of sp³-hybridized carbons (Fsp3) is 0.0316. The molecular formula is C95H72N2Si2. The first-order valence-electron chi connectivity index (χ1n) is 34.5. The normalized spacial score (nSPS) is 12.4. The molecular weight excluding hydrogens is 1230 g/mol. The van der Waals surface area contributed by atoms with Crippen LogP contribution in [0.1, 0.15) is 25.0 Å². The second kappa shape index (κ2) is 25.6. The van der Waals surface area contributed by atoms with E-state index in [1.807, 2.05) is 0 Å². The number of benzene rings is 16. The highest BCUT2D eigenvalue weighted by Crippen LogP contribution is 2.56. The molecule has 16 aromatic carbocycles. The van der Waals surface area contributed by atoms with E-state index < -0.39 is 21.6 Å². The molecule has 0 fully saturated rings. The van der Waals surface area contributed by atoms with Crippen LogP contribution in [-0.4, -0.2) is 16.1 Å². The summed E-state index contributed by atoms with van der Waals surface area (Å²) in [5.41, 5.74) is 16.2.